The van der Waals surface area contributed by atoms with Gasteiger partial charge in [-0.05, 0) is 27.7 Å². The largest absolute Gasteiger partial charge is 0.496 e. The van der Waals surface area contributed by atoms with Crippen LogP contribution in [0.15, 0.2) is 6.20 Å². The van der Waals surface area contributed by atoms with Gasteiger partial charge in [-0.25, -0.2) is 0 Å². The molecule has 0 radical (unpaired) electrons. The molecule has 0 N–H and O–H groups in total. The van der Waals surface area contributed by atoms with Crippen molar-refractivity contribution in [1.82, 2.24) is 4.98 Å². The first-order valence-electron chi connectivity index (χ1n) is 5.77. The third-order valence-corrected chi connectivity index (χ3v) is 3.29. The van der Waals surface area contributed by atoms with Crippen LogP contribution in [0.5, 0.6) is 5.75 Å². The van der Waals surface area contributed by atoms with E-state index < -0.39 is 5.41 Å². The van der Waals surface area contributed by atoms with E-state index >= 15 is 0 Å². The van der Waals surface area contributed by atoms with Crippen LogP contribution in [0.25, 0.3) is 0 Å². The Labute approximate surface area is 108 Å². The predicted molar refractivity (Wildman–Crippen MR) is 68.4 cm³/mol. The van der Waals surface area contributed by atoms with E-state index in [0.29, 0.717) is 6.42 Å². The van der Waals surface area contributed by atoms with Gasteiger partial charge in [0.1, 0.15) is 16.9 Å². The highest BCUT2D eigenvalue weighted by Gasteiger charge is 2.31. The fourth-order valence-corrected chi connectivity index (χ4v) is 1.83. The molecular weight excluding hydrogens is 228 g/mol. The van der Waals surface area contributed by atoms with Crippen LogP contribution in [0.3, 0.4) is 0 Å². The van der Waals surface area contributed by atoms with Gasteiger partial charge < -0.3 is 4.74 Å². The summed E-state index contributed by atoms with van der Waals surface area (Å²) < 4.78 is 5.32. The molecule has 1 atom stereocenters. The number of pyridine rings is 1. The zero-order chi connectivity index (χ0) is 13.9. The maximum atomic E-state index is 11.6. The molecule has 0 spiro atoms. The first-order chi connectivity index (χ1) is 8.35. The Kier molecular flexibility index (Phi) is 4.07. The lowest BCUT2D eigenvalue weighted by Crippen LogP contribution is -2.27. The Bertz CT molecular complexity index is 517. The van der Waals surface area contributed by atoms with Crippen molar-refractivity contribution in [2.24, 2.45) is 5.41 Å². The van der Waals surface area contributed by atoms with E-state index in [1.54, 1.807) is 20.2 Å². The van der Waals surface area contributed by atoms with Crippen molar-refractivity contribution in [3.05, 3.63) is 23.0 Å². The molecule has 18 heavy (non-hydrogen) atoms. The molecule has 0 aliphatic carbocycles. The average molecular weight is 246 g/mol. The van der Waals surface area contributed by atoms with Crippen LogP contribution >= 0.6 is 0 Å². The second-order valence-electron chi connectivity index (χ2n) is 4.72. The highest BCUT2D eigenvalue weighted by atomic mass is 16.5. The molecule has 0 aliphatic rings. The van der Waals surface area contributed by atoms with Crippen LogP contribution in [0, 0.1) is 30.6 Å². The lowest BCUT2D eigenvalue weighted by atomic mass is 9.82. The standard InChI is InChI=1S/C14H18N2O2/c1-9-7-16-12(10(2)13(9)18-5)6-14(4,8-15)11(3)17/h7H,6H2,1-5H3. The fraction of sp³-hybridized carbons (Fsp3) is 0.500. The number of Topliss-reactive ketones (excluding diaryl/α,β-unsaturated/α-hetero) is 1. The van der Waals surface area contributed by atoms with Gasteiger partial charge in [0.2, 0.25) is 0 Å². The lowest BCUT2D eigenvalue weighted by Gasteiger charge is -2.20. The molecule has 0 aromatic carbocycles. The second-order valence-corrected chi connectivity index (χ2v) is 4.72. The Morgan fingerprint density at radius 1 is 1.56 bits per heavy atom. The number of methoxy groups -OCH3 is 1. The topological polar surface area (TPSA) is 63.0 Å². The summed E-state index contributed by atoms with van der Waals surface area (Å²) >= 11 is 0. The first kappa shape index (κ1) is 14.2. The number of aromatic nitrogens is 1. The summed E-state index contributed by atoms with van der Waals surface area (Å²) in [4.78, 5) is 15.9. The van der Waals surface area contributed by atoms with E-state index in [9.17, 15) is 4.79 Å². The van der Waals surface area contributed by atoms with Crippen molar-refractivity contribution in [2.45, 2.75) is 34.1 Å². The predicted octanol–water partition coefficient (Wildman–Crippen LogP) is 2.37. The van der Waals surface area contributed by atoms with Crippen molar-refractivity contribution < 1.29 is 9.53 Å². The second kappa shape index (κ2) is 5.18. The van der Waals surface area contributed by atoms with Crippen LogP contribution in [0.1, 0.15) is 30.7 Å². The molecule has 1 aromatic rings. The zero-order valence-corrected chi connectivity index (χ0v) is 11.5. The average Bonchev–Trinajstić information content (AvgIpc) is 2.33. The normalized spacial score (nSPS) is 13.6. The molecule has 0 fully saturated rings. The maximum absolute atomic E-state index is 11.6. The van der Waals surface area contributed by atoms with Crippen molar-refractivity contribution >= 4 is 5.78 Å². The van der Waals surface area contributed by atoms with E-state index in [2.05, 4.69) is 11.1 Å². The number of hydrogen-bond acceptors (Lipinski definition) is 4. The summed E-state index contributed by atoms with van der Waals surface area (Å²) in [6.45, 7) is 6.88. The van der Waals surface area contributed by atoms with E-state index in [1.165, 1.54) is 6.92 Å². The first-order valence-corrected chi connectivity index (χ1v) is 5.77. The minimum absolute atomic E-state index is 0.147. The monoisotopic (exact) mass is 246 g/mol. The van der Waals surface area contributed by atoms with Crippen LogP contribution in [-0.2, 0) is 11.2 Å². The number of rotatable bonds is 4. The van der Waals surface area contributed by atoms with Crippen LogP contribution in [-0.4, -0.2) is 17.9 Å². The van der Waals surface area contributed by atoms with Crippen molar-refractivity contribution in [1.29, 1.82) is 5.26 Å². The minimum Gasteiger partial charge on any atom is -0.496 e. The van der Waals surface area contributed by atoms with Gasteiger partial charge in [0.15, 0.2) is 0 Å². The van der Waals surface area contributed by atoms with E-state index in [-0.39, 0.29) is 5.78 Å². The van der Waals surface area contributed by atoms with Gasteiger partial charge >= 0.3 is 0 Å². The molecule has 0 bridgehead atoms. The number of nitriles is 1. The van der Waals surface area contributed by atoms with Crippen LogP contribution in [0.2, 0.25) is 0 Å². The van der Waals surface area contributed by atoms with E-state index in [4.69, 9.17) is 10.00 Å². The number of ketones is 1. The molecule has 0 saturated heterocycles. The Morgan fingerprint density at radius 2 is 2.17 bits per heavy atom. The smallest absolute Gasteiger partial charge is 0.150 e. The number of ether oxygens (including phenoxy) is 1. The van der Waals surface area contributed by atoms with E-state index in [1.807, 2.05) is 13.8 Å². The fourth-order valence-electron chi connectivity index (χ4n) is 1.83. The van der Waals surface area contributed by atoms with Gasteiger partial charge in [-0.15, -0.1) is 0 Å². The molecule has 4 heteroatoms. The SMILES string of the molecule is COc1c(C)cnc(CC(C)(C#N)C(C)=O)c1C. The maximum Gasteiger partial charge on any atom is 0.150 e. The molecule has 0 saturated carbocycles. The number of aryl methyl sites for hydroxylation is 1. The molecule has 1 aromatic heterocycles. The van der Waals surface area contributed by atoms with Crippen LogP contribution < -0.4 is 4.74 Å². The summed E-state index contributed by atoms with van der Waals surface area (Å²) in [6.07, 6.45) is 2.01. The van der Waals surface area contributed by atoms with Gasteiger partial charge in [-0.1, -0.05) is 0 Å². The Hall–Kier alpha value is -1.89. The lowest BCUT2D eigenvalue weighted by molar-refractivity contribution is -0.123. The highest BCUT2D eigenvalue weighted by molar-refractivity contribution is 5.85. The number of carbonyl (C=O) groups is 1. The van der Waals surface area contributed by atoms with Gasteiger partial charge in [0.05, 0.1) is 13.2 Å². The summed E-state index contributed by atoms with van der Waals surface area (Å²) in [5.74, 6) is 0.620. The molecular formula is C14H18N2O2. The van der Waals surface area contributed by atoms with Gasteiger partial charge in [0.25, 0.3) is 0 Å². The van der Waals surface area contributed by atoms with Gasteiger partial charge in [0, 0.05) is 29.4 Å². The quantitative estimate of drug-likeness (QED) is 0.818. The van der Waals surface area contributed by atoms with Crippen molar-refractivity contribution in [3.63, 3.8) is 0 Å². The third kappa shape index (κ3) is 2.51. The number of carbonyl (C=O) groups excluding carboxylic acids is 1. The summed E-state index contributed by atoms with van der Waals surface area (Å²) in [5, 5.41) is 9.16. The van der Waals surface area contributed by atoms with Crippen molar-refractivity contribution in [2.75, 3.05) is 7.11 Å². The molecule has 96 valence electrons. The zero-order valence-electron chi connectivity index (χ0n) is 11.5. The molecule has 1 heterocycles. The molecule has 4 nitrogen and oxygen atoms in total. The molecule has 0 amide bonds. The summed E-state index contributed by atoms with van der Waals surface area (Å²) in [7, 11) is 1.60. The van der Waals surface area contributed by atoms with Gasteiger partial charge in [-0.2, -0.15) is 5.26 Å². The third-order valence-electron chi connectivity index (χ3n) is 3.29. The molecule has 0 aliphatic heterocycles. The number of hydrogen-bond donors (Lipinski definition) is 0. The minimum atomic E-state index is -1.03. The summed E-state index contributed by atoms with van der Waals surface area (Å²) in [5.41, 5.74) is 1.54. The summed E-state index contributed by atoms with van der Waals surface area (Å²) in [6, 6.07) is 2.08. The van der Waals surface area contributed by atoms with E-state index in [0.717, 1.165) is 22.6 Å². The number of nitrogens with zero attached hydrogens (tertiary/aromatic N) is 2. The van der Waals surface area contributed by atoms with Gasteiger partial charge in [-0.3, -0.25) is 9.78 Å². The molecule has 1 rings (SSSR count). The van der Waals surface area contributed by atoms with Crippen molar-refractivity contribution in [3.8, 4) is 11.8 Å². The highest BCUT2D eigenvalue weighted by Crippen LogP contribution is 2.29. The molecule has 1 unspecified atom stereocenters. The Morgan fingerprint density at radius 3 is 2.61 bits per heavy atom. The Balaban J connectivity index is 3.21. The van der Waals surface area contributed by atoms with Crippen LogP contribution in [0.4, 0.5) is 0 Å².